The van der Waals surface area contributed by atoms with Gasteiger partial charge < -0.3 is 14.0 Å². The Hall–Kier alpha value is -4.05. The molecule has 0 unspecified atom stereocenters. The number of carbonyl (C=O) groups excluding carboxylic acids is 1. The second-order valence-corrected chi connectivity index (χ2v) is 7.81. The number of nitrogens with zero attached hydrogens (tertiary/aromatic N) is 1. The van der Waals surface area contributed by atoms with Gasteiger partial charge >= 0.3 is 5.97 Å². The van der Waals surface area contributed by atoms with Gasteiger partial charge in [0.15, 0.2) is 0 Å². The lowest BCUT2D eigenvalue weighted by molar-refractivity contribution is 0.0601. The van der Waals surface area contributed by atoms with Crippen LogP contribution in [0.5, 0.6) is 5.75 Å². The first-order valence-electron chi connectivity index (χ1n) is 10.5. The Labute approximate surface area is 186 Å². The molecule has 0 saturated carbocycles. The van der Waals surface area contributed by atoms with Crippen molar-refractivity contribution in [3.05, 3.63) is 102 Å². The summed E-state index contributed by atoms with van der Waals surface area (Å²) in [5.41, 5.74) is 5.02. The minimum Gasteiger partial charge on any atom is -0.497 e. The summed E-state index contributed by atoms with van der Waals surface area (Å²) in [7, 11) is 3.08. The third-order valence-electron chi connectivity index (χ3n) is 5.86. The molecule has 0 aliphatic heterocycles. The van der Waals surface area contributed by atoms with Crippen molar-refractivity contribution in [2.75, 3.05) is 14.2 Å². The molecule has 0 aliphatic rings. The van der Waals surface area contributed by atoms with E-state index in [2.05, 4.69) is 59.3 Å². The van der Waals surface area contributed by atoms with Crippen molar-refractivity contribution in [2.24, 2.45) is 0 Å². The van der Waals surface area contributed by atoms with Crippen molar-refractivity contribution in [3.63, 3.8) is 0 Å². The number of hydrogen-bond donors (Lipinski definition) is 0. The third-order valence-corrected chi connectivity index (χ3v) is 5.86. The summed E-state index contributed by atoms with van der Waals surface area (Å²) in [6.45, 7) is 0.750. The highest BCUT2D eigenvalue weighted by atomic mass is 16.5. The first kappa shape index (κ1) is 19.9. The maximum Gasteiger partial charge on any atom is 0.337 e. The standard InChI is InChI=1S/C28H23NO3/c1-31-24-12-10-20-14-22(9-8-21(20)15-24)26-18-29(17-19-6-4-3-5-7-19)27-13-11-23(16-25(26)27)28(30)32-2/h3-16,18H,17H2,1-2H3. The summed E-state index contributed by atoms with van der Waals surface area (Å²) in [5, 5.41) is 3.28. The predicted octanol–water partition coefficient (Wildman–Crippen LogP) is 6.31. The van der Waals surface area contributed by atoms with Crippen LogP contribution < -0.4 is 4.74 Å². The number of methoxy groups -OCH3 is 2. The van der Waals surface area contributed by atoms with Gasteiger partial charge in [0.25, 0.3) is 0 Å². The summed E-state index contributed by atoms with van der Waals surface area (Å²) < 4.78 is 12.5. The van der Waals surface area contributed by atoms with E-state index < -0.39 is 0 Å². The fraction of sp³-hybridized carbons (Fsp3) is 0.107. The maximum atomic E-state index is 12.2. The molecule has 0 saturated heterocycles. The lowest BCUT2D eigenvalue weighted by Gasteiger charge is -2.06. The molecule has 4 aromatic carbocycles. The van der Waals surface area contributed by atoms with Crippen molar-refractivity contribution < 1.29 is 14.3 Å². The van der Waals surface area contributed by atoms with Crippen LogP contribution in [0.25, 0.3) is 32.8 Å². The van der Waals surface area contributed by atoms with Crippen molar-refractivity contribution in [1.29, 1.82) is 0 Å². The highest BCUT2D eigenvalue weighted by Crippen LogP contribution is 2.34. The van der Waals surface area contributed by atoms with Gasteiger partial charge in [-0.05, 0) is 58.3 Å². The molecular formula is C28H23NO3. The fourth-order valence-corrected chi connectivity index (χ4v) is 4.20. The molecule has 5 rings (SSSR count). The molecule has 5 aromatic rings. The molecule has 0 fully saturated rings. The molecule has 0 atom stereocenters. The molecule has 0 spiro atoms. The van der Waals surface area contributed by atoms with Crippen molar-refractivity contribution >= 4 is 27.6 Å². The average Bonchev–Trinajstić information content (AvgIpc) is 3.21. The second-order valence-electron chi connectivity index (χ2n) is 7.81. The number of ether oxygens (including phenoxy) is 2. The van der Waals surface area contributed by atoms with Gasteiger partial charge in [0.2, 0.25) is 0 Å². The summed E-state index contributed by atoms with van der Waals surface area (Å²) in [4.78, 5) is 12.2. The Balaban J connectivity index is 1.68. The average molecular weight is 421 g/mol. The van der Waals surface area contributed by atoms with E-state index in [1.165, 1.54) is 12.7 Å². The molecule has 0 N–H and O–H groups in total. The minimum absolute atomic E-state index is 0.334. The number of rotatable bonds is 5. The fourth-order valence-electron chi connectivity index (χ4n) is 4.20. The third kappa shape index (κ3) is 3.60. The number of benzene rings is 4. The number of fused-ring (bicyclic) bond motifs is 2. The largest absolute Gasteiger partial charge is 0.497 e. The molecule has 4 heteroatoms. The number of aromatic nitrogens is 1. The van der Waals surface area contributed by atoms with Gasteiger partial charge in [-0.1, -0.05) is 48.5 Å². The van der Waals surface area contributed by atoms with Gasteiger partial charge in [-0.2, -0.15) is 0 Å². The van der Waals surface area contributed by atoms with E-state index in [0.29, 0.717) is 5.56 Å². The molecule has 1 heterocycles. The summed E-state index contributed by atoms with van der Waals surface area (Å²) in [5.74, 6) is 0.506. The quantitative estimate of drug-likeness (QED) is 0.313. The van der Waals surface area contributed by atoms with E-state index >= 15 is 0 Å². The van der Waals surface area contributed by atoms with E-state index in [1.54, 1.807) is 7.11 Å². The first-order valence-corrected chi connectivity index (χ1v) is 10.5. The van der Waals surface area contributed by atoms with Crippen molar-refractivity contribution in [1.82, 2.24) is 4.57 Å². The molecule has 0 aliphatic carbocycles. The topological polar surface area (TPSA) is 40.5 Å². The van der Waals surface area contributed by atoms with Crippen LogP contribution in [-0.4, -0.2) is 24.8 Å². The number of hydrogen-bond acceptors (Lipinski definition) is 3. The Morgan fingerprint density at radius 3 is 2.41 bits per heavy atom. The molecule has 0 bridgehead atoms. The number of carbonyl (C=O) groups is 1. The zero-order valence-corrected chi connectivity index (χ0v) is 18.0. The van der Waals surface area contributed by atoms with E-state index in [0.717, 1.165) is 45.1 Å². The van der Waals surface area contributed by atoms with Crippen LogP contribution in [0.3, 0.4) is 0 Å². The van der Waals surface area contributed by atoms with Crippen LogP contribution in [0, 0.1) is 0 Å². The van der Waals surface area contributed by atoms with Gasteiger partial charge in [0.05, 0.1) is 19.8 Å². The zero-order valence-electron chi connectivity index (χ0n) is 18.0. The lowest BCUT2D eigenvalue weighted by atomic mass is 10.00. The molecular weight excluding hydrogens is 398 g/mol. The van der Waals surface area contributed by atoms with Gasteiger partial charge in [0.1, 0.15) is 5.75 Å². The summed E-state index contributed by atoms with van der Waals surface area (Å²) in [6, 6.07) is 28.6. The van der Waals surface area contributed by atoms with Crippen LogP contribution in [-0.2, 0) is 11.3 Å². The highest BCUT2D eigenvalue weighted by Gasteiger charge is 2.15. The highest BCUT2D eigenvalue weighted by molar-refractivity contribution is 6.02. The summed E-state index contributed by atoms with van der Waals surface area (Å²) in [6.07, 6.45) is 2.17. The SMILES string of the molecule is COC(=O)c1ccc2c(c1)c(-c1ccc3cc(OC)ccc3c1)cn2Cc1ccccc1. The first-order chi connectivity index (χ1) is 15.7. The molecule has 0 amide bonds. The van der Waals surface area contributed by atoms with Crippen LogP contribution in [0.15, 0.2) is 91.1 Å². The van der Waals surface area contributed by atoms with E-state index in [1.807, 2.05) is 36.4 Å². The Kier molecular flexibility index (Phi) is 5.12. The monoisotopic (exact) mass is 421 g/mol. The molecule has 32 heavy (non-hydrogen) atoms. The van der Waals surface area contributed by atoms with Crippen LogP contribution in [0.1, 0.15) is 15.9 Å². The van der Waals surface area contributed by atoms with Crippen LogP contribution in [0.4, 0.5) is 0 Å². The van der Waals surface area contributed by atoms with Crippen LogP contribution >= 0.6 is 0 Å². The smallest absolute Gasteiger partial charge is 0.337 e. The van der Waals surface area contributed by atoms with Crippen molar-refractivity contribution in [2.45, 2.75) is 6.54 Å². The van der Waals surface area contributed by atoms with Gasteiger partial charge in [0, 0.05) is 29.2 Å². The van der Waals surface area contributed by atoms with E-state index in [9.17, 15) is 4.79 Å². The lowest BCUT2D eigenvalue weighted by Crippen LogP contribution is -2.01. The van der Waals surface area contributed by atoms with Crippen LogP contribution in [0.2, 0.25) is 0 Å². The Morgan fingerprint density at radius 2 is 1.62 bits per heavy atom. The molecule has 158 valence electrons. The Morgan fingerprint density at radius 1 is 0.844 bits per heavy atom. The number of esters is 1. The maximum absolute atomic E-state index is 12.2. The Bertz CT molecular complexity index is 1430. The molecule has 1 aromatic heterocycles. The van der Waals surface area contributed by atoms with E-state index in [-0.39, 0.29) is 5.97 Å². The summed E-state index contributed by atoms with van der Waals surface area (Å²) >= 11 is 0. The second kappa shape index (κ2) is 8.23. The zero-order chi connectivity index (χ0) is 22.1. The van der Waals surface area contributed by atoms with Gasteiger partial charge in [-0.25, -0.2) is 4.79 Å². The molecule has 4 nitrogen and oxygen atoms in total. The van der Waals surface area contributed by atoms with E-state index in [4.69, 9.17) is 9.47 Å². The molecule has 0 radical (unpaired) electrons. The van der Waals surface area contributed by atoms with Gasteiger partial charge in [-0.3, -0.25) is 0 Å². The predicted molar refractivity (Wildman–Crippen MR) is 128 cm³/mol. The minimum atomic E-state index is -0.334. The van der Waals surface area contributed by atoms with Gasteiger partial charge in [-0.15, -0.1) is 0 Å². The normalized spacial score (nSPS) is 11.1. The van der Waals surface area contributed by atoms with Crippen molar-refractivity contribution in [3.8, 4) is 16.9 Å².